The van der Waals surface area contributed by atoms with Crippen molar-refractivity contribution in [3.8, 4) is 0 Å². The van der Waals surface area contributed by atoms with E-state index in [9.17, 15) is 0 Å². The lowest BCUT2D eigenvalue weighted by Crippen LogP contribution is -2.19. The molecular formula is C8H15N3. The van der Waals surface area contributed by atoms with Gasteiger partial charge in [-0.1, -0.05) is 6.92 Å². The molecule has 1 N–H and O–H groups in total. The van der Waals surface area contributed by atoms with Gasteiger partial charge in [0.25, 0.3) is 0 Å². The first-order valence-corrected chi connectivity index (χ1v) is 4.10. The van der Waals surface area contributed by atoms with Crippen molar-refractivity contribution in [1.82, 2.24) is 14.9 Å². The molecule has 3 nitrogen and oxygen atoms in total. The second kappa shape index (κ2) is 4.91. The second-order valence-corrected chi connectivity index (χ2v) is 2.55. The minimum Gasteiger partial charge on any atom is -0.336 e. The van der Waals surface area contributed by atoms with Gasteiger partial charge in [0.05, 0.1) is 6.33 Å². The van der Waals surface area contributed by atoms with Crippen LogP contribution in [-0.4, -0.2) is 22.6 Å². The Morgan fingerprint density at radius 2 is 2.36 bits per heavy atom. The molecular weight excluding hydrogens is 138 g/mol. The normalized spacial score (nSPS) is 10.3. The van der Waals surface area contributed by atoms with Crippen molar-refractivity contribution in [2.45, 2.75) is 19.9 Å². The molecule has 0 saturated heterocycles. The molecule has 1 aromatic rings. The fourth-order valence-corrected chi connectivity index (χ4v) is 0.929. The summed E-state index contributed by atoms with van der Waals surface area (Å²) in [5, 5.41) is 3.32. The molecule has 62 valence electrons. The number of aromatic nitrogens is 2. The third-order valence-electron chi connectivity index (χ3n) is 1.53. The lowest BCUT2D eigenvalue weighted by Gasteiger charge is -2.02. The zero-order valence-electron chi connectivity index (χ0n) is 6.95. The van der Waals surface area contributed by atoms with Crippen LogP contribution in [0.3, 0.4) is 0 Å². The van der Waals surface area contributed by atoms with Crippen LogP contribution in [0.5, 0.6) is 0 Å². The standard InChI is InChI=1S/C8H15N3/c1-2-3-9-4-6-11-7-5-10-8-11/h5,7-9H,2-4,6H2,1H3. The average molecular weight is 153 g/mol. The van der Waals surface area contributed by atoms with E-state index in [0.717, 1.165) is 19.6 Å². The molecule has 0 amide bonds. The lowest BCUT2D eigenvalue weighted by molar-refractivity contribution is 0.593. The van der Waals surface area contributed by atoms with Crippen LogP contribution in [-0.2, 0) is 6.54 Å². The summed E-state index contributed by atoms with van der Waals surface area (Å²) in [4.78, 5) is 3.96. The molecule has 1 rings (SSSR count). The summed E-state index contributed by atoms with van der Waals surface area (Å²) in [5.41, 5.74) is 0. The molecule has 0 saturated carbocycles. The first-order chi connectivity index (χ1) is 5.43. The van der Waals surface area contributed by atoms with Crippen LogP contribution in [0.4, 0.5) is 0 Å². The van der Waals surface area contributed by atoms with Gasteiger partial charge in [-0.15, -0.1) is 0 Å². The highest BCUT2D eigenvalue weighted by Crippen LogP contribution is 1.83. The molecule has 0 bridgehead atoms. The van der Waals surface area contributed by atoms with Crippen molar-refractivity contribution in [3.05, 3.63) is 18.7 Å². The Kier molecular flexibility index (Phi) is 3.69. The Morgan fingerprint density at radius 3 is 3.00 bits per heavy atom. The van der Waals surface area contributed by atoms with Gasteiger partial charge >= 0.3 is 0 Å². The van der Waals surface area contributed by atoms with Crippen LogP contribution in [0.2, 0.25) is 0 Å². The van der Waals surface area contributed by atoms with Crippen LogP contribution in [0.1, 0.15) is 13.3 Å². The summed E-state index contributed by atoms with van der Waals surface area (Å²) in [6, 6.07) is 0. The van der Waals surface area contributed by atoms with E-state index in [-0.39, 0.29) is 0 Å². The molecule has 0 radical (unpaired) electrons. The van der Waals surface area contributed by atoms with E-state index < -0.39 is 0 Å². The van der Waals surface area contributed by atoms with E-state index in [0.29, 0.717) is 0 Å². The number of imidazole rings is 1. The SMILES string of the molecule is CCCNCCn1ccnc1. The molecule has 0 aliphatic heterocycles. The average Bonchev–Trinajstić information content (AvgIpc) is 2.50. The van der Waals surface area contributed by atoms with Gasteiger partial charge in [-0.2, -0.15) is 0 Å². The van der Waals surface area contributed by atoms with Crippen molar-refractivity contribution < 1.29 is 0 Å². The van der Waals surface area contributed by atoms with E-state index in [4.69, 9.17) is 0 Å². The molecule has 11 heavy (non-hydrogen) atoms. The molecule has 1 aromatic heterocycles. The summed E-state index contributed by atoms with van der Waals surface area (Å²) >= 11 is 0. The fraction of sp³-hybridized carbons (Fsp3) is 0.625. The van der Waals surface area contributed by atoms with Gasteiger partial charge < -0.3 is 9.88 Å². The van der Waals surface area contributed by atoms with Gasteiger partial charge in [0.2, 0.25) is 0 Å². The van der Waals surface area contributed by atoms with Gasteiger partial charge in [-0.05, 0) is 13.0 Å². The quantitative estimate of drug-likeness (QED) is 0.636. The zero-order chi connectivity index (χ0) is 7.94. The number of nitrogens with one attached hydrogen (secondary N) is 1. The predicted molar refractivity (Wildman–Crippen MR) is 45.4 cm³/mol. The molecule has 0 unspecified atom stereocenters. The van der Waals surface area contributed by atoms with Crippen LogP contribution >= 0.6 is 0 Å². The van der Waals surface area contributed by atoms with E-state index in [1.807, 2.05) is 12.5 Å². The highest BCUT2D eigenvalue weighted by Gasteiger charge is 1.87. The first-order valence-electron chi connectivity index (χ1n) is 4.10. The van der Waals surface area contributed by atoms with E-state index in [1.54, 1.807) is 6.20 Å². The summed E-state index contributed by atoms with van der Waals surface area (Å²) in [6.07, 6.45) is 6.82. The second-order valence-electron chi connectivity index (χ2n) is 2.55. The highest BCUT2D eigenvalue weighted by molar-refractivity contribution is 4.73. The van der Waals surface area contributed by atoms with Gasteiger partial charge in [0.1, 0.15) is 0 Å². The Morgan fingerprint density at radius 1 is 1.45 bits per heavy atom. The maximum Gasteiger partial charge on any atom is 0.0946 e. The Labute approximate surface area is 67.4 Å². The Hall–Kier alpha value is -0.830. The van der Waals surface area contributed by atoms with Crippen LogP contribution in [0.25, 0.3) is 0 Å². The van der Waals surface area contributed by atoms with Gasteiger partial charge in [0.15, 0.2) is 0 Å². The van der Waals surface area contributed by atoms with Crippen molar-refractivity contribution in [2.75, 3.05) is 13.1 Å². The van der Waals surface area contributed by atoms with Gasteiger partial charge in [-0.25, -0.2) is 4.98 Å². The fourth-order valence-electron chi connectivity index (χ4n) is 0.929. The monoisotopic (exact) mass is 153 g/mol. The number of rotatable bonds is 5. The first kappa shape index (κ1) is 8.27. The van der Waals surface area contributed by atoms with E-state index in [2.05, 4.69) is 21.8 Å². The molecule has 0 spiro atoms. The maximum atomic E-state index is 3.96. The summed E-state index contributed by atoms with van der Waals surface area (Å²) in [5.74, 6) is 0. The largest absolute Gasteiger partial charge is 0.336 e. The molecule has 0 fully saturated rings. The van der Waals surface area contributed by atoms with Gasteiger partial charge in [0, 0.05) is 25.5 Å². The van der Waals surface area contributed by atoms with Gasteiger partial charge in [-0.3, -0.25) is 0 Å². The van der Waals surface area contributed by atoms with E-state index >= 15 is 0 Å². The summed E-state index contributed by atoms with van der Waals surface area (Å²) in [7, 11) is 0. The van der Waals surface area contributed by atoms with Crippen molar-refractivity contribution in [2.24, 2.45) is 0 Å². The van der Waals surface area contributed by atoms with Crippen molar-refractivity contribution >= 4 is 0 Å². The molecule has 1 heterocycles. The number of hydrogen-bond acceptors (Lipinski definition) is 2. The smallest absolute Gasteiger partial charge is 0.0946 e. The van der Waals surface area contributed by atoms with E-state index in [1.165, 1.54) is 6.42 Å². The van der Waals surface area contributed by atoms with Crippen LogP contribution in [0.15, 0.2) is 18.7 Å². The Bertz CT molecular complexity index is 169. The van der Waals surface area contributed by atoms with Crippen LogP contribution in [0, 0.1) is 0 Å². The zero-order valence-corrected chi connectivity index (χ0v) is 6.95. The number of hydrogen-bond donors (Lipinski definition) is 1. The summed E-state index contributed by atoms with van der Waals surface area (Å²) < 4.78 is 2.07. The third kappa shape index (κ3) is 3.18. The minimum absolute atomic E-state index is 1.01. The summed E-state index contributed by atoms with van der Waals surface area (Å²) in [6.45, 7) is 5.32. The molecule has 0 aliphatic rings. The third-order valence-corrected chi connectivity index (χ3v) is 1.53. The topological polar surface area (TPSA) is 29.9 Å². The van der Waals surface area contributed by atoms with Crippen molar-refractivity contribution in [1.29, 1.82) is 0 Å². The molecule has 3 heteroatoms. The molecule has 0 aromatic carbocycles. The molecule has 0 aliphatic carbocycles. The highest BCUT2D eigenvalue weighted by atomic mass is 15.0. The lowest BCUT2D eigenvalue weighted by atomic mass is 10.5. The number of nitrogens with zero attached hydrogens (tertiary/aromatic N) is 2. The molecule has 0 atom stereocenters. The minimum atomic E-state index is 1.01. The maximum absolute atomic E-state index is 3.96. The Balaban J connectivity index is 2.04. The predicted octanol–water partition coefficient (Wildman–Crippen LogP) is 0.883. The van der Waals surface area contributed by atoms with Crippen LogP contribution < -0.4 is 5.32 Å². The van der Waals surface area contributed by atoms with Crippen molar-refractivity contribution in [3.63, 3.8) is 0 Å².